The van der Waals surface area contributed by atoms with Gasteiger partial charge in [-0.1, -0.05) is 129 Å². The average Bonchev–Trinajstić information content (AvgIpc) is 3.95. The van der Waals surface area contributed by atoms with E-state index in [0.29, 0.717) is 0 Å². The zero-order valence-corrected chi connectivity index (χ0v) is 36.4. The first-order chi connectivity index (χ1) is 29.2. The van der Waals surface area contributed by atoms with E-state index in [2.05, 4.69) is 209 Å². The van der Waals surface area contributed by atoms with Gasteiger partial charge in [-0.05, 0) is 105 Å². The third-order valence-electron chi connectivity index (χ3n) is 13.3. The molecule has 5 nitrogen and oxygen atoms in total. The van der Waals surface area contributed by atoms with E-state index in [0.717, 1.165) is 55.7 Å². The van der Waals surface area contributed by atoms with Crippen LogP contribution in [0.25, 0.3) is 87.5 Å². The van der Waals surface area contributed by atoms with Crippen molar-refractivity contribution in [3.05, 3.63) is 150 Å². The first-order valence-electron chi connectivity index (χ1n) is 21.7. The summed E-state index contributed by atoms with van der Waals surface area (Å²) in [6.45, 7) is 20.8. The number of hydrogen-bond acceptors (Lipinski definition) is 3. The Labute approximate surface area is 355 Å². The maximum atomic E-state index is 5.87. The molecule has 12 rings (SSSR count). The van der Waals surface area contributed by atoms with Gasteiger partial charge in [0.2, 0.25) is 0 Å². The van der Waals surface area contributed by atoms with Crippen LogP contribution in [0.4, 0.5) is 17.1 Å². The van der Waals surface area contributed by atoms with Crippen LogP contribution in [0.15, 0.2) is 133 Å². The Morgan fingerprint density at radius 1 is 0.393 bits per heavy atom. The van der Waals surface area contributed by atoms with E-state index in [9.17, 15) is 0 Å². The Morgan fingerprint density at radius 2 is 0.852 bits per heavy atom. The monoisotopic (exact) mass is 791 g/mol. The molecule has 0 bridgehead atoms. The fourth-order valence-corrected chi connectivity index (χ4v) is 10.1. The molecule has 5 heterocycles. The first-order valence-corrected chi connectivity index (χ1v) is 21.7. The summed E-state index contributed by atoms with van der Waals surface area (Å²) in [7, 11) is 0. The normalized spacial score (nSPS) is 13.3. The molecule has 0 N–H and O–H groups in total. The van der Waals surface area contributed by atoms with E-state index in [1.165, 1.54) is 65.6 Å². The van der Waals surface area contributed by atoms with Gasteiger partial charge in [-0.15, -0.1) is 0 Å². The van der Waals surface area contributed by atoms with Gasteiger partial charge in [0.25, 0.3) is 0 Å². The minimum atomic E-state index is -0.0983. The van der Waals surface area contributed by atoms with Crippen LogP contribution >= 0.6 is 0 Å². The molecule has 7 aromatic carbocycles. The molecule has 0 atom stereocenters. The van der Waals surface area contributed by atoms with Gasteiger partial charge in [-0.2, -0.15) is 0 Å². The summed E-state index contributed by atoms with van der Waals surface area (Å²) in [6, 6.07) is 49.5. The number of benzene rings is 7. The molecule has 61 heavy (non-hydrogen) atoms. The lowest BCUT2D eigenvalue weighted by molar-refractivity contribution is 0.590. The number of hydrogen-bond donors (Lipinski definition) is 0. The Hall–Kier alpha value is -6.72. The molecule has 0 saturated heterocycles. The van der Waals surface area contributed by atoms with Crippen molar-refractivity contribution in [1.29, 1.82) is 0 Å². The van der Waals surface area contributed by atoms with Crippen LogP contribution in [-0.2, 0) is 16.2 Å². The van der Waals surface area contributed by atoms with Crippen molar-refractivity contribution in [1.82, 2.24) is 18.8 Å². The fraction of sp³-hybridized carbons (Fsp3) is 0.214. The van der Waals surface area contributed by atoms with Crippen molar-refractivity contribution in [2.75, 3.05) is 4.90 Å². The molecule has 0 unspecified atom stereocenters. The SMILES string of the molecule is CC(C)(C)c1ccc2c(c1)c1cc(C(C)(C)C)cc3c4nc5c(nc4n2c13)c1cc(C(C)(C)C)cc2c3cc4ccccc4c(N(c4ccccc4)c4ccccc4)c3n5c21. The van der Waals surface area contributed by atoms with Gasteiger partial charge in [0.05, 0.1) is 27.8 Å². The maximum absolute atomic E-state index is 5.87. The second-order valence-corrected chi connectivity index (χ2v) is 20.4. The highest BCUT2D eigenvalue weighted by atomic mass is 15.2. The highest BCUT2D eigenvalue weighted by Gasteiger charge is 2.31. The Balaban J connectivity index is 1.32. The molecule has 0 aliphatic rings. The van der Waals surface area contributed by atoms with Gasteiger partial charge < -0.3 is 4.90 Å². The highest BCUT2D eigenvalue weighted by Crippen LogP contribution is 2.50. The summed E-state index contributed by atoms with van der Waals surface area (Å²) >= 11 is 0. The first kappa shape index (κ1) is 36.2. The summed E-state index contributed by atoms with van der Waals surface area (Å²) in [6.07, 6.45) is 0. The van der Waals surface area contributed by atoms with Gasteiger partial charge in [-0.25, -0.2) is 9.97 Å². The van der Waals surface area contributed by atoms with Crippen molar-refractivity contribution in [2.24, 2.45) is 0 Å². The molecule has 298 valence electrons. The van der Waals surface area contributed by atoms with Gasteiger partial charge in [0.15, 0.2) is 11.3 Å². The Bertz CT molecular complexity index is 3700. The lowest BCUT2D eigenvalue weighted by Crippen LogP contribution is -2.11. The highest BCUT2D eigenvalue weighted by molar-refractivity contribution is 6.29. The number of fused-ring (bicyclic) bond motifs is 13. The van der Waals surface area contributed by atoms with E-state index in [1.54, 1.807) is 0 Å². The molecule has 5 aromatic heterocycles. The molecular formula is C56H49N5. The number of para-hydroxylation sites is 2. The molecule has 0 aliphatic carbocycles. The van der Waals surface area contributed by atoms with Crippen LogP contribution in [0.1, 0.15) is 79.0 Å². The zero-order chi connectivity index (χ0) is 41.9. The average molecular weight is 792 g/mol. The molecule has 0 aliphatic heterocycles. The van der Waals surface area contributed by atoms with Crippen LogP contribution in [0.3, 0.4) is 0 Å². The third-order valence-corrected chi connectivity index (χ3v) is 13.3. The van der Waals surface area contributed by atoms with E-state index in [1.807, 2.05) is 0 Å². The van der Waals surface area contributed by atoms with E-state index < -0.39 is 0 Å². The van der Waals surface area contributed by atoms with Crippen molar-refractivity contribution < 1.29 is 0 Å². The molecule has 0 fully saturated rings. The van der Waals surface area contributed by atoms with Crippen LogP contribution < -0.4 is 4.90 Å². The molecule has 0 amide bonds. The number of anilines is 3. The van der Waals surface area contributed by atoms with E-state index in [-0.39, 0.29) is 16.2 Å². The largest absolute Gasteiger partial charge is 0.308 e. The van der Waals surface area contributed by atoms with Gasteiger partial charge in [0, 0.05) is 49.1 Å². The van der Waals surface area contributed by atoms with Crippen LogP contribution in [0.2, 0.25) is 0 Å². The smallest absolute Gasteiger partial charge is 0.165 e. The van der Waals surface area contributed by atoms with Gasteiger partial charge >= 0.3 is 0 Å². The summed E-state index contributed by atoms with van der Waals surface area (Å²) in [5.41, 5.74) is 15.4. The Morgan fingerprint density at radius 3 is 1.43 bits per heavy atom. The standard InChI is InChI=1S/C56H49N5/c1-54(2,3)33-24-25-45-39(27-33)41-28-34(55(4,5)6)30-43-46-52(60(45)48(41)43)57-47-44-31-35(56(7,8)9)29-42-40-26-32-18-16-17-23-38(32)50(51(40)61(49(42)44)53(47)58-46)59(36-19-12-10-13-20-36)37-21-14-11-15-22-37/h10-31H,1-9H3. The van der Waals surface area contributed by atoms with Gasteiger partial charge in [-0.3, -0.25) is 8.80 Å². The number of nitrogens with zero attached hydrogens (tertiary/aromatic N) is 5. The molecule has 5 heteroatoms. The second-order valence-electron chi connectivity index (χ2n) is 20.4. The fourth-order valence-electron chi connectivity index (χ4n) is 10.1. The predicted octanol–water partition coefficient (Wildman–Crippen LogP) is 15.3. The number of rotatable bonds is 3. The zero-order valence-electron chi connectivity index (χ0n) is 36.4. The van der Waals surface area contributed by atoms with Crippen molar-refractivity contribution in [3.63, 3.8) is 0 Å². The topological polar surface area (TPSA) is 37.8 Å². The Kier molecular flexibility index (Phi) is 7.10. The number of aromatic nitrogens is 4. The molecule has 0 saturated carbocycles. The van der Waals surface area contributed by atoms with Crippen molar-refractivity contribution >= 4 is 105 Å². The lowest BCUT2D eigenvalue weighted by atomic mass is 9.84. The predicted molar refractivity (Wildman–Crippen MR) is 260 cm³/mol. The van der Waals surface area contributed by atoms with Crippen molar-refractivity contribution in [2.45, 2.75) is 78.6 Å². The molecule has 12 aromatic rings. The summed E-state index contributed by atoms with van der Waals surface area (Å²) in [5, 5.41) is 9.65. The molecule has 0 radical (unpaired) electrons. The minimum absolute atomic E-state index is 0.0240. The van der Waals surface area contributed by atoms with E-state index >= 15 is 0 Å². The van der Waals surface area contributed by atoms with E-state index in [4.69, 9.17) is 9.97 Å². The summed E-state index contributed by atoms with van der Waals surface area (Å²) in [5.74, 6) is 0. The van der Waals surface area contributed by atoms with Crippen molar-refractivity contribution in [3.8, 4) is 0 Å². The van der Waals surface area contributed by atoms with Gasteiger partial charge in [0.1, 0.15) is 11.0 Å². The molecular weight excluding hydrogens is 743 g/mol. The lowest BCUT2D eigenvalue weighted by Gasteiger charge is -2.28. The van der Waals surface area contributed by atoms with Crippen LogP contribution in [0, 0.1) is 0 Å². The third kappa shape index (κ3) is 5.01. The van der Waals surface area contributed by atoms with Crippen LogP contribution in [0.5, 0.6) is 0 Å². The summed E-state index contributed by atoms with van der Waals surface area (Å²) < 4.78 is 4.87. The molecule has 0 spiro atoms. The van der Waals surface area contributed by atoms with Crippen LogP contribution in [-0.4, -0.2) is 18.8 Å². The summed E-state index contributed by atoms with van der Waals surface area (Å²) in [4.78, 5) is 14.1. The second kappa shape index (κ2) is 12.0. The minimum Gasteiger partial charge on any atom is -0.308 e. The maximum Gasteiger partial charge on any atom is 0.165 e. The quantitative estimate of drug-likeness (QED) is 0.179.